The number of halogens is 3. The molecule has 4 heteroatoms. The van der Waals surface area contributed by atoms with E-state index in [0.29, 0.717) is 16.5 Å². The van der Waals surface area contributed by atoms with E-state index in [1.165, 1.54) is 6.07 Å². The SMILES string of the molecule is OC1(Cc2c(Br)ccc(Cl)c2F)CC1. The molecule has 0 unspecified atom stereocenters. The van der Waals surface area contributed by atoms with Crippen molar-refractivity contribution in [2.75, 3.05) is 0 Å². The van der Waals surface area contributed by atoms with Crippen molar-refractivity contribution in [1.29, 1.82) is 0 Å². The van der Waals surface area contributed by atoms with Gasteiger partial charge >= 0.3 is 0 Å². The van der Waals surface area contributed by atoms with Gasteiger partial charge in [-0.2, -0.15) is 0 Å². The van der Waals surface area contributed by atoms with Crippen LogP contribution in [0.4, 0.5) is 4.39 Å². The highest BCUT2D eigenvalue weighted by Crippen LogP contribution is 2.41. The molecule has 2 rings (SSSR count). The molecule has 0 bridgehead atoms. The summed E-state index contributed by atoms with van der Waals surface area (Å²) in [5.74, 6) is -0.429. The van der Waals surface area contributed by atoms with Crippen LogP contribution < -0.4 is 0 Å². The van der Waals surface area contributed by atoms with Gasteiger partial charge in [0.25, 0.3) is 0 Å². The maximum absolute atomic E-state index is 13.5. The van der Waals surface area contributed by atoms with E-state index in [4.69, 9.17) is 11.6 Å². The van der Waals surface area contributed by atoms with E-state index in [1.807, 2.05) is 0 Å². The predicted molar refractivity (Wildman–Crippen MR) is 57.0 cm³/mol. The molecule has 1 nitrogen and oxygen atoms in total. The second-order valence-corrected chi connectivity index (χ2v) is 4.98. The van der Waals surface area contributed by atoms with E-state index >= 15 is 0 Å². The summed E-state index contributed by atoms with van der Waals surface area (Å²) in [6.07, 6.45) is 1.82. The highest BCUT2D eigenvalue weighted by Gasteiger charge is 2.41. The van der Waals surface area contributed by atoms with Crippen LogP contribution in [0.15, 0.2) is 16.6 Å². The maximum Gasteiger partial charge on any atom is 0.146 e. The van der Waals surface area contributed by atoms with Crippen LogP contribution in [0, 0.1) is 5.82 Å². The summed E-state index contributed by atoms with van der Waals surface area (Å²) in [4.78, 5) is 0. The number of hydrogen-bond donors (Lipinski definition) is 1. The molecule has 1 aromatic carbocycles. The van der Waals surface area contributed by atoms with E-state index in [2.05, 4.69) is 15.9 Å². The Morgan fingerprint density at radius 1 is 1.50 bits per heavy atom. The predicted octanol–water partition coefficient (Wildman–Crippen LogP) is 3.31. The highest BCUT2D eigenvalue weighted by molar-refractivity contribution is 9.10. The average molecular weight is 280 g/mol. The lowest BCUT2D eigenvalue weighted by Crippen LogP contribution is -2.12. The molecule has 1 aliphatic carbocycles. The Morgan fingerprint density at radius 3 is 2.71 bits per heavy atom. The quantitative estimate of drug-likeness (QED) is 0.824. The zero-order valence-electron chi connectivity index (χ0n) is 7.36. The van der Waals surface area contributed by atoms with Gasteiger partial charge in [0.1, 0.15) is 5.82 Å². The maximum atomic E-state index is 13.5. The topological polar surface area (TPSA) is 20.2 Å². The minimum Gasteiger partial charge on any atom is -0.390 e. The number of hydrogen-bond acceptors (Lipinski definition) is 1. The van der Waals surface area contributed by atoms with Gasteiger partial charge in [-0.25, -0.2) is 4.39 Å². The fourth-order valence-corrected chi connectivity index (χ4v) is 2.00. The summed E-state index contributed by atoms with van der Waals surface area (Å²) in [6.45, 7) is 0. The van der Waals surface area contributed by atoms with E-state index < -0.39 is 11.4 Å². The van der Waals surface area contributed by atoms with Crippen molar-refractivity contribution in [1.82, 2.24) is 0 Å². The third-order valence-electron chi connectivity index (χ3n) is 2.47. The van der Waals surface area contributed by atoms with Gasteiger partial charge in [-0.05, 0) is 25.0 Å². The molecule has 0 amide bonds. The Kier molecular flexibility index (Phi) is 2.58. The zero-order chi connectivity index (χ0) is 10.3. The summed E-state index contributed by atoms with van der Waals surface area (Å²) in [5.41, 5.74) is -0.230. The highest BCUT2D eigenvalue weighted by atomic mass is 79.9. The van der Waals surface area contributed by atoms with Gasteiger partial charge in [-0.15, -0.1) is 0 Å². The van der Waals surface area contributed by atoms with E-state index in [1.54, 1.807) is 6.07 Å². The average Bonchev–Trinajstić information content (AvgIpc) is 2.86. The lowest BCUT2D eigenvalue weighted by Gasteiger charge is -2.11. The first-order chi connectivity index (χ1) is 6.52. The second kappa shape index (κ2) is 3.47. The van der Waals surface area contributed by atoms with Gasteiger partial charge in [-0.1, -0.05) is 27.5 Å². The summed E-state index contributed by atoms with van der Waals surface area (Å²) in [6, 6.07) is 3.20. The van der Waals surface area contributed by atoms with Crippen molar-refractivity contribution >= 4 is 27.5 Å². The fourth-order valence-electron chi connectivity index (χ4n) is 1.38. The molecular formula is C10H9BrClFO. The third-order valence-corrected chi connectivity index (χ3v) is 3.51. The van der Waals surface area contributed by atoms with Crippen LogP contribution >= 0.6 is 27.5 Å². The molecule has 0 aliphatic heterocycles. The molecule has 14 heavy (non-hydrogen) atoms. The van der Waals surface area contributed by atoms with Crippen molar-refractivity contribution in [2.45, 2.75) is 24.9 Å². The Hall–Kier alpha value is -0.120. The van der Waals surface area contributed by atoms with Gasteiger partial charge in [0.2, 0.25) is 0 Å². The van der Waals surface area contributed by atoms with Gasteiger partial charge in [0, 0.05) is 16.5 Å². The van der Waals surface area contributed by atoms with Gasteiger partial charge in [0.15, 0.2) is 0 Å². The Labute approximate surface area is 95.0 Å². The second-order valence-electron chi connectivity index (χ2n) is 3.72. The van der Waals surface area contributed by atoms with Gasteiger partial charge in [0.05, 0.1) is 10.6 Å². The first kappa shape index (κ1) is 10.4. The third kappa shape index (κ3) is 1.95. The molecule has 0 radical (unpaired) electrons. The van der Waals surface area contributed by atoms with Crippen LogP contribution in [0.1, 0.15) is 18.4 Å². The molecule has 76 valence electrons. The molecule has 1 aliphatic rings. The molecule has 0 aromatic heterocycles. The zero-order valence-corrected chi connectivity index (χ0v) is 9.70. The Balaban J connectivity index is 2.35. The standard InChI is InChI=1S/C10H9BrClFO/c11-7-1-2-8(12)9(13)6(7)5-10(14)3-4-10/h1-2,14H,3-5H2. The summed E-state index contributed by atoms with van der Waals surface area (Å²) in [5, 5.41) is 9.80. The van der Waals surface area contributed by atoms with E-state index in [9.17, 15) is 9.50 Å². The van der Waals surface area contributed by atoms with E-state index in [-0.39, 0.29) is 5.02 Å². The van der Waals surface area contributed by atoms with Gasteiger partial charge in [-0.3, -0.25) is 0 Å². The molecule has 1 N–H and O–H groups in total. The van der Waals surface area contributed by atoms with Crippen molar-refractivity contribution < 1.29 is 9.50 Å². The van der Waals surface area contributed by atoms with Gasteiger partial charge < -0.3 is 5.11 Å². The van der Waals surface area contributed by atoms with Crippen LogP contribution in [0.5, 0.6) is 0 Å². The first-order valence-corrected chi connectivity index (χ1v) is 5.54. The van der Waals surface area contributed by atoms with Crippen molar-refractivity contribution in [3.8, 4) is 0 Å². The molecule has 0 atom stereocenters. The van der Waals surface area contributed by atoms with Crippen LogP contribution in [0.3, 0.4) is 0 Å². The van der Waals surface area contributed by atoms with Crippen LogP contribution in [-0.4, -0.2) is 10.7 Å². The molecule has 0 spiro atoms. The smallest absolute Gasteiger partial charge is 0.146 e. The summed E-state index contributed by atoms with van der Waals surface area (Å²) in [7, 11) is 0. The minimum absolute atomic E-state index is 0.104. The first-order valence-electron chi connectivity index (χ1n) is 4.37. The lowest BCUT2D eigenvalue weighted by molar-refractivity contribution is 0.149. The monoisotopic (exact) mass is 278 g/mol. The van der Waals surface area contributed by atoms with Crippen LogP contribution in [0.2, 0.25) is 5.02 Å². The number of rotatable bonds is 2. The minimum atomic E-state index is -0.700. The van der Waals surface area contributed by atoms with Crippen LogP contribution in [0.25, 0.3) is 0 Å². The Bertz CT molecular complexity index is 377. The van der Waals surface area contributed by atoms with Crippen molar-refractivity contribution in [3.63, 3.8) is 0 Å². The number of benzene rings is 1. The normalized spacial score (nSPS) is 18.3. The molecule has 0 saturated heterocycles. The number of aliphatic hydroxyl groups is 1. The Morgan fingerprint density at radius 2 is 2.14 bits per heavy atom. The molecular weight excluding hydrogens is 270 g/mol. The molecule has 0 heterocycles. The van der Waals surface area contributed by atoms with Crippen molar-refractivity contribution in [3.05, 3.63) is 33.0 Å². The lowest BCUT2D eigenvalue weighted by atomic mass is 10.1. The largest absolute Gasteiger partial charge is 0.390 e. The molecule has 1 saturated carbocycles. The molecule has 1 fully saturated rings. The summed E-state index contributed by atoms with van der Waals surface area (Å²) >= 11 is 8.91. The van der Waals surface area contributed by atoms with Crippen molar-refractivity contribution in [2.24, 2.45) is 0 Å². The molecule has 1 aromatic rings. The fraction of sp³-hybridized carbons (Fsp3) is 0.400. The van der Waals surface area contributed by atoms with Crippen LogP contribution in [-0.2, 0) is 6.42 Å². The van der Waals surface area contributed by atoms with E-state index in [0.717, 1.165) is 12.8 Å². The summed E-state index contributed by atoms with van der Waals surface area (Å²) < 4.78 is 14.2.